The van der Waals surface area contributed by atoms with Crippen molar-refractivity contribution in [3.63, 3.8) is 0 Å². The highest BCUT2D eigenvalue weighted by Gasteiger charge is 2.30. The Morgan fingerprint density at radius 1 is 1.03 bits per heavy atom. The second-order valence-corrected chi connectivity index (χ2v) is 8.88. The van der Waals surface area contributed by atoms with Crippen LogP contribution in [0.1, 0.15) is 30.2 Å². The lowest BCUT2D eigenvalue weighted by atomic mass is 9.96. The summed E-state index contributed by atoms with van der Waals surface area (Å²) in [6.45, 7) is 8.41. The van der Waals surface area contributed by atoms with Crippen LogP contribution in [0.25, 0.3) is 11.1 Å². The van der Waals surface area contributed by atoms with Crippen molar-refractivity contribution >= 4 is 22.7 Å². The fourth-order valence-corrected chi connectivity index (χ4v) is 4.93. The molecule has 3 aromatic rings. The number of fused-ring (bicyclic) bond motifs is 1. The van der Waals surface area contributed by atoms with E-state index in [0.717, 1.165) is 69.1 Å². The van der Waals surface area contributed by atoms with Crippen molar-refractivity contribution in [2.45, 2.75) is 25.7 Å². The number of anilines is 1. The van der Waals surface area contributed by atoms with Crippen molar-refractivity contribution in [2.24, 2.45) is 0 Å². The Labute approximate surface area is 183 Å². The topological polar surface area (TPSA) is 54.0 Å². The smallest absolute Gasteiger partial charge is 0.277 e. The molecule has 3 heterocycles. The number of carbonyl (C=O) groups excluding carboxylic acids is 1. The van der Waals surface area contributed by atoms with E-state index in [4.69, 9.17) is 4.42 Å². The second kappa shape index (κ2) is 8.71. The molecule has 0 bridgehead atoms. The van der Waals surface area contributed by atoms with Crippen molar-refractivity contribution in [3.05, 3.63) is 60.0 Å². The first kappa shape index (κ1) is 20.1. The van der Waals surface area contributed by atoms with Crippen LogP contribution in [0.3, 0.4) is 0 Å². The highest BCUT2D eigenvalue weighted by atomic mass is 16.3. The van der Waals surface area contributed by atoms with E-state index < -0.39 is 0 Å². The predicted molar refractivity (Wildman–Crippen MR) is 122 cm³/mol. The zero-order chi connectivity index (χ0) is 21.2. The summed E-state index contributed by atoms with van der Waals surface area (Å²) in [7, 11) is 0. The summed E-state index contributed by atoms with van der Waals surface area (Å²) >= 11 is 0. The SMILES string of the molecule is Cc1ccccc1N1CC[NH+](CC(=O)N2CCC(c3nc4ccccc4o3)CC2)CC1. The van der Waals surface area contributed by atoms with Crippen LogP contribution in [0, 0.1) is 6.92 Å². The average molecular weight is 420 g/mol. The lowest BCUT2D eigenvalue weighted by molar-refractivity contribution is -0.892. The molecule has 1 amide bonds. The number of quaternary nitrogens is 1. The molecule has 2 aromatic carbocycles. The molecular formula is C25H31N4O2+. The van der Waals surface area contributed by atoms with Gasteiger partial charge < -0.3 is 19.1 Å². The maximum atomic E-state index is 12.9. The van der Waals surface area contributed by atoms with Gasteiger partial charge in [-0.25, -0.2) is 4.98 Å². The number of nitrogens with one attached hydrogen (secondary N) is 1. The van der Waals surface area contributed by atoms with E-state index in [1.807, 2.05) is 29.2 Å². The minimum atomic E-state index is 0.287. The number of likely N-dealkylation sites (tertiary alicyclic amines) is 1. The number of benzene rings is 2. The van der Waals surface area contributed by atoms with E-state index in [1.165, 1.54) is 16.2 Å². The minimum absolute atomic E-state index is 0.287. The fraction of sp³-hybridized carbons (Fsp3) is 0.440. The van der Waals surface area contributed by atoms with Gasteiger partial charge >= 0.3 is 0 Å². The molecule has 2 fully saturated rings. The number of para-hydroxylation sites is 3. The number of hydrogen-bond acceptors (Lipinski definition) is 4. The standard InChI is InChI=1S/C25H30N4O2/c1-19-6-2-4-8-22(19)28-16-14-27(15-17-28)18-24(30)29-12-10-20(11-13-29)25-26-21-7-3-5-9-23(21)31-25/h2-9,20H,10-18H2,1H3/p+1. The van der Waals surface area contributed by atoms with Crippen molar-refractivity contribution in [3.8, 4) is 0 Å². The minimum Gasteiger partial charge on any atom is -0.440 e. The van der Waals surface area contributed by atoms with E-state index in [9.17, 15) is 4.79 Å². The van der Waals surface area contributed by atoms with Crippen LogP contribution in [0.4, 0.5) is 5.69 Å². The van der Waals surface area contributed by atoms with Crippen LogP contribution in [-0.4, -0.2) is 61.6 Å². The van der Waals surface area contributed by atoms with E-state index in [1.54, 1.807) is 0 Å². The van der Waals surface area contributed by atoms with Gasteiger partial charge in [-0.3, -0.25) is 4.79 Å². The van der Waals surface area contributed by atoms with Crippen LogP contribution in [-0.2, 0) is 4.79 Å². The molecule has 6 nitrogen and oxygen atoms in total. The van der Waals surface area contributed by atoms with Gasteiger partial charge in [0.25, 0.3) is 5.91 Å². The molecule has 5 rings (SSSR count). The zero-order valence-electron chi connectivity index (χ0n) is 18.2. The monoisotopic (exact) mass is 419 g/mol. The number of amides is 1. The third-order valence-corrected chi connectivity index (χ3v) is 6.84. The van der Waals surface area contributed by atoms with Crippen LogP contribution >= 0.6 is 0 Å². The van der Waals surface area contributed by atoms with Gasteiger partial charge in [-0.1, -0.05) is 30.3 Å². The average Bonchev–Trinajstić information content (AvgIpc) is 3.24. The lowest BCUT2D eigenvalue weighted by Crippen LogP contribution is -3.16. The molecule has 0 spiro atoms. The number of aryl methyl sites for hydroxylation is 1. The molecule has 0 saturated carbocycles. The van der Waals surface area contributed by atoms with Crippen molar-refractivity contribution in [1.82, 2.24) is 9.88 Å². The predicted octanol–water partition coefficient (Wildman–Crippen LogP) is 2.25. The number of aromatic nitrogens is 1. The summed E-state index contributed by atoms with van der Waals surface area (Å²) in [4.78, 5) is 23.5. The van der Waals surface area contributed by atoms with Gasteiger partial charge in [-0.2, -0.15) is 0 Å². The summed E-state index contributed by atoms with van der Waals surface area (Å²) in [5.41, 5.74) is 4.42. The molecule has 0 atom stereocenters. The molecule has 0 aliphatic carbocycles. The first-order valence-electron chi connectivity index (χ1n) is 11.4. The Kier molecular flexibility index (Phi) is 5.64. The molecule has 2 aliphatic rings. The van der Waals surface area contributed by atoms with Gasteiger partial charge in [0.2, 0.25) is 0 Å². The van der Waals surface area contributed by atoms with E-state index >= 15 is 0 Å². The number of carbonyl (C=O) groups is 1. The van der Waals surface area contributed by atoms with Crippen LogP contribution in [0.15, 0.2) is 52.9 Å². The highest BCUT2D eigenvalue weighted by Crippen LogP contribution is 2.29. The first-order valence-corrected chi connectivity index (χ1v) is 11.4. The van der Waals surface area contributed by atoms with Gasteiger partial charge in [-0.15, -0.1) is 0 Å². The Bertz CT molecular complexity index is 1010. The number of oxazole rings is 1. The van der Waals surface area contributed by atoms with Crippen LogP contribution in [0.2, 0.25) is 0 Å². The van der Waals surface area contributed by atoms with E-state index in [2.05, 4.69) is 41.1 Å². The largest absolute Gasteiger partial charge is 0.440 e. The maximum absolute atomic E-state index is 12.9. The molecule has 0 unspecified atom stereocenters. The quantitative estimate of drug-likeness (QED) is 0.705. The molecule has 162 valence electrons. The molecular weight excluding hydrogens is 388 g/mol. The van der Waals surface area contributed by atoms with Gasteiger partial charge in [-0.05, 0) is 43.5 Å². The lowest BCUT2D eigenvalue weighted by Gasteiger charge is -2.36. The Balaban J connectivity index is 1.11. The maximum Gasteiger partial charge on any atom is 0.277 e. The molecule has 2 aliphatic heterocycles. The number of hydrogen-bond donors (Lipinski definition) is 1. The van der Waals surface area contributed by atoms with E-state index in [-0.39, 0.29) is 5.91 Å². The summed E-state index contributed by atoms with van der Waals surface area (Å²) in [5, 5.41) is 0. The Hall–Kier alpha value is -2.86. The summed E-state index contributed by atoms with van der Waals surface area (Å²) in [6.07, 6.45) is 1.85. The van der Waals surface area contributed by atoms with Crippen molar-refractivity contribution in [2.75, 3.05) is 50.7 Å². The zero-order valence-corrected chi connectivity index (χ0v) is 18.2. The Morgan fingerprint density at radius 3 is 2.48 bits per heavy atom. The molecule has 6 heteroatoms. The second-order valence-electron chi connectivity index (χ2n) is 8.88. The molecule has 31 heavy (non-hydrogen) atoms. The molecule has 1 aromatic heterocycles. The van der Waals surface area contributed by atoms with Gasteiger partial charge in [0.1, 0.15) is 5.52 Å². The summed E-state index contributed by atoms with van der Waals surface area (Å²) < 4.78 is 5.96. The first-order chi connectivity index (χ1) is 15.2. The molecule has 1 N–H and O–H groups in total. The van der Waals surface area contributed by atoms with Crippen molar-refractivity contribution < 1.29 is 14.1 Å². The van der Waals surface area contributed by atoms with Crippen molar-refractivity contribution in [1.29, 1.82) is 0 Å². The van der Waals surface area contributed by atoms with Crippen LogP contribution in [0.5, 0.6) is 0 Å². The van der Waals surface area contributed by atoms with Gasteiger partial charge in [0.15, 0.2) is 18.0 Å². The third-order valence-electron chi connectivity index (χ3n) is 6.84. The third kappa shape index (κ3) is 4.30. The number of rotatable bonds is 4. The molecule has 0 radical (unpaired) electrons. The van der Waals surface area contributed by atoms with Gasteiger partial charge in [0, 0.05) is 24.7 Å². The van der Waals surface area contributed by atoms with Crippen LogP contribution < -0.4 is 9.80 Å². The van der Waals surface area contributed by atoms with Gasteiger partial charge in [0.05, 0.1) is 26.2 Å². The number of piperazine rings is 1. The fourth-order valence-electron chi connectivity index (χ4n) is 4.93. The molecule has 2 saturated heterocycles. The Morgan fingerprint density at radius 2 is 1.74 bits per heavy atom. The van der Waals surface area contributed by atoms with E-state index in [0.29, 0.717) is 12.5 Å². The number of nitrogens with zero attached hydrogens (tertiary/aromatic N) is 3. The normalized spacial score (nSPS) is 18.6. The summed E-state index contributed by atoms with van der Waals surface area (Å²) in [6, 6.07) is 16.5. The summed E-state index contributed by atoms with van der Waals surface area (Å²) in [5.74, 6) is 1.42. The number of piperidine rings is 1. The highest BCUT2D eigenvalue weighted by molar-refractivity contribution is 5.77.